The summed E-state index contributed by atoms with van der Waals surface area (Å²) in [6.07, 6.45) is 1.68. The SMILES string of the molecule is C=C(C)CSC(C)=S.Cc1cc(-c2ccc3[nH]ccc(=O)c3c2)cs1. The minimum atomic E-state index is 0.0625. The van der Waals surface area contributed by atoms with E-state index in [0.717, 1.165) is 26.4 Å². The molecule has 2 nitrogen and oxygen atoms in total. The average molecular weight is 388 g/mol. The molecule has 0 aliphatic rings. The molecular formula is C20H21NOS3. The molecule has 3 rings (SSSR count). The maximum absolute atomic E-state index is 11.8. The van der Waals surface area contributed by atoms with Crippen LogP contribution in [0, 0.1) is 6.92 Å². The van der Waals surface area contributed by atoms with E-state index in [1.165, 1.54) is 16.0 Å². The second-order valence-corrected chi connectivity index (χ2v) is 8.96. The molecule has 2 aromatic heterocycles. The van der Waals surface area contributed by atoms with E-state index in [4.69, 9.17) is 12.2 Å². The summed E-state index contributed by atoms with van der Waals surface area (Å²) in [7, 11) is 0. The number of benzene rings is 1. The minimum absolute atomic E-state index is 0.0625. The fraction of sp³-hybridized carbons (Fsp3) is 0.200. The van der Waals surface area contributed by atoms with Crippen LogP contribution in [0.1, 0.15) is 18.7 Å². The van der Waals surface area contributed by atoms with Crippen LogP contribution in [0.2, 0.25) is 0 Å². The number of rotatable bonds is 3. The summed E-state index contributed by atoms with van der Waals surface area (Å²) in [5.41, 5.74) is 4.40. The molecule has 0 spiro atoms. The van der Waals surface area contributed by atoms with Crippen molar-refractivity contribution in [3.8, 4) is 11.1 Å². The van der Waals surface area contributed by atoms with Gasteiger partial charge in [0.25, 0.3) is 0 Å². The van der Waals surface area contributed by atoms with E-state index in [2.05, 4.69) is 29.9 Å². The van der Waals surface area contributed by atoms with Crippen molar-refractivity contribution in [2.24, 2.45) is 0 Å². The van der Waals surface area contributed by atoms with Crippen molar-refractivity contribution in [2.45, 2.75) is 20.8 Å². The Bertz CT molecular complexity index is 939. The first-order valence-electron chi connectivity index (χ1n) is 7.81. The van der Waals surface area contributed by atoms with Crippen LogP contribution in [0.25, 0.3) is 22.0 Å². The Morgan fingerprint density at radius 2 is 2.00 bits per heavy atom. The number of hydrogen-bond acceptors (Lipinski definition) is 4. The largest absolute Gasteiger partial charge is 0.361 e. The number of hydrogen-bond donors (Lipinski definition) is 1. The van der Waals surface area contributed by atoms with Crippen molar-refractivity contribution in [2.75, 3.05) is 5.75 Å². The fourth-order valence-corrected chi connectivity index (χ4v) is 3.51. The van der Waals surface area contributed by atoms with Gasteiger partial charge in [-0.05, 0) is 55.5 Å². The molecule has 0 bridgehead atoms. The highest BCUT2D eigenvalue weighted by Gasteiger charge is 2.03. The van der Waals surface area contributed by atoms with Gasteiger partial charge in [-0.1, -0.05) is 30.4 Å². The van der Waals surface area contributed by atoms with Gasteiger partial charge in [0.15, 0.2) is 5.43 Å². The molecule has 2 heterocycles. The third-order valence-corrected chi connectivity index (χ3v) is 5.60. The fourth-order valence-electron chi connectivity index (χ4n) is 2.17. The van der Waals surface area contributed by atoms with Crippen molar-refractivity contribution in [3.63, 3.8) is 0 Å². The van der Waals surface area contributed by atoms with E-state index >= 15 is 0 Å². The molecule has 0 aliphatic heterocycles. The van der Waals surface area contributed by atoms with Crippen LogP contribution >= 0.6 is 35.3 Å². The number of fused-ring (bicyclic) bond motifs is 1. The number of pyridine rings is 1. The average Bonchev–Trinajstić information content (AvgIpc) is 3.00. The number of thioether (sulfide) groups is 1. The Morgan fingerprint density at radius 1 is 1.24 bits per heavy atom. The Kier molecular flexibility index (Phi) is 7.17. The van der Waals surface area contributed by atoms with Gasteiger partial charge in [0.2, 0.25) is 0 Å². The van der Waals surface area contributed by atoms with Crippen LogP contribution < -0.4 is 5.43 Å². The first-order chi connectivity index (χ1) is 11.9. The zero-order valence-corrected chi connectivity index (χ0v) is 17.0. The van der Waals surface area contributed by atoms with Gasteiger partial charge < -0.3 is 4.98 Å². The number of aryl methyl sites for hydroxylation is 1. The Morgan fingerprint density at radius 3 is 2.56 bits per heavy atom. The van der Waals surface area contributed by atoms with Crippen LogP contribution in [0.15, 0.2) is 58.9 Å². The maximum Gasteiger partial charge on any atom is 0.189 e. The third-order valence-electron chi connectivity index (χ3n) is 3.34. The summed E-state index contributed by atoms with van der Waals surface area (Å²) in [6.45, 7) is 9.77. The van der Waals surface area contributed by atoms with E-state index in [9.17, 15) is 4.79 Å². The van der Waals surface area contributed by atoms with Crippen molar-refractivity contribution in [1.29, 1.82) is 0 Å². The smallest absolute Gasteiger partial charge is 0.189 e. The van der Waals surface area contributed by atoms with E-state index in [0.29, 0.717) is 0 Å². The Balaban J connectivity index is 0.000000242. The van der Waals surface area contributed by atoms with Gasteiger partial charge in [-0.25, -0.2) is 0 Å². The van der Waals surface area contributed by atoms with Gasteiger partial charge >= 0.3 is 0 Å². The summed E-state index contributed by atoms with van der Waals surface area (Å²) < 4.78 is 0.994. The minimum Gasteiger partial charge on any atom is -0.361 e. The molecule has 0 fully saturated rings. The summed E-state index contributed by atoms with van der Waals surface area (Å²) in [5, 5.41) is 2.86. The molecule has 1 aromatic carbocycles. The zero-order chi connectivity index (χ0) is 18.4. The molecule has 3 aromatic rings. The number of nitrogens with one attached hydrogen (secondary N) is 1. The van der Waals surface area contributed by atoms with Crippen molar-refractivity contribution < 1.29 is 0 Å². The normalized spacial score (nSPS) is 10.2. The van der Waals surface area contributed by atoms with Gasteiger partial charge in [-0.2, -0.15) is 0 Å². The molecule has 1 N–H and O–H groups in total. The molecule has 0 aliphatic carbocycles. The third kappa shape index (κ3) is 5.96. The number of aromatic nitrogens is 1. The second kappa shape index (κ2) is 9.13. The van der Waals surface area contributed by atoms with Gasteiger partial charge in [0.1, 0.15) is 0 Å². The van der Waals surface area contributed by atoms with Gasteiger partial charge in [-0.3, -0.25) is 4.79 Å². The lowest BCUT2D eigenvalue weighted by molar-refractivity contribution is 1.39. The second-order valence-electron chi connectivity index (χ2n) is 5.79. The quantitative estimate of drug-likeness (QED) is 0.428. The Hall–Kier alpha value is -1.69. The van der Waals surface area contributed by atoms with E-state index in [1.807, 2.05) is 32.0 Å². The topological polar surface area (TPSA) is 32.9 Å². The molecule has 0 unspecified atom stereocenters. The molecular weight excluding hydrogens is 366 g/mol. The predicted octanol–water partition coefficient (Wildman–Crippen LogP) is 6.21. The molecule has 130 valence electrons. The highest BCUT2D eigenvalue weighted by Crippen LogP contribution is 2.26. The maximum atomic E-state index is 11.8. The lowest BCUT2D eigenvalue weighted by Gasteiger charge is -2.01. The van der Waals surface area contributed by atoms with Crippen LogP contribution in [-0.4, -0.2) is 14.9 Å². The van der Waals surface area contributed by atoms with Crippen LogP contribution in [0.4, 0.5) is 0 Å². The monoisotopic (exact) mass is 387 g/mol. The molecule has 0 atom stereocenters. The number of aromatic amines is 1. The van der Waals surface area contributed by atoms with Gasteiger partial charge in [0, 0.05) is 38.0 Å². The molecule has 25 heavy (non-hydrogen) atoms. The number of thiocarbonyl (C=S) groups is 1. The van der Waals surface area contributed by atoms with E-state index < -0.39 is 0 Å². The molecule has 0 saturated heterocycles. The Labute approximate surface area is 162 Å². The summed E-state index contributed by atoms with van der Waals surface area (Å²) in [6, 6.07) is 9.66. The first-order valence-corrected chi connectivity index (χ1v) is 10.1. The molecule has 0 saturated carbocycles. The van der Waals surface area contributed by atoms with Gasteiger partial charge in [-0.15, -0.1) is 23.1 Å². The van der Waals surface area contributed by atoms with E-state index in [-0.39, 0.29) is 5.43 Å². The molecule has 5 heteroatoms. The van der Waals surface area contributed by atoms with Crippen molar-refractivity contribution in [3.05, 3.63) is 69.2 Å². The number of thiophene rings is 1. The first kappa shape index (κ1) is 19.6. The van der Waals surface area contributed by atoms with Gasteiger partial charge in [0.05, 0.1) is 0 Å². The predicted molar refractivity (Wildman–Crippen MR) is 118 cm³/mol. The summed E-state index contributed by atoms with van der Waals surface area (Å²) in [5.74, 6) is 0.968. The van der Waals surface area contributed by atoms with Crippen molar-refractivity contribution in [1.82, 2.24) is 4.98 Å². The van der Waals surface area contributed by atoms with Crippen LogP contribution in [0.3, 0.4) is 0 Å². The van der Waals surface area contributed by atoms with Crippen LogP contribution in [-0.2, 0) is 0 Å². The molecule has 0 amide bonds. The highest BCUT2D eigenvalue weighted by atomic mass is 32.2. The van der Waals surface area contributed by atoms with E-state index in [1.54, 1.807) is 35.4 Å². The molecule has 0 radical (unpaired) electrons. The van der Waals surface area contributed by atoms with Crippen molar-refractivity contribution >= 4 is 50.4 Å². The summed E-state index contributed by atoms with van der Waals surface area (Å²) >= 11 is 8.23. The highest BCUT2D eigenvalue weighted by molar-refractivity contribution is 8.23. The standard InChI is InChI=1S/C14H11NOS.C6H10S2/c1-9-6-11(8-17-9)10-2-3-13-12(7-10)14(16)4-5-15-13;1-5(2)4-8-6(3)7/h2-8H,1H3,(H,15,16);1,4H2,2-3H3. The van der Waals surface area contributed by atoms with Crippen LogP contribution in [0.5, 0.6) is 0 Å². The number of H-pyrrole nitrogens is 1. The summed E-state index contributed by atoms with van der Waals surface area (Å²) in [4.78, 5) is 16.1. The lowest BCUT2D eigenvalue weighted by atomic mass is 10.1. The zero-order valence-electron chi connectivity index (χ0n) is 14.6. The lowest BCUT2D eigenvalue weighted by Crippen LogP contribution is -1.99.